The van der Waals surface area contributed by atoms with Gasteiger partial charge in [0.2, 0.25) is 5.82 Å². The van der Waals surface area contributed by atoms with E-state index in [0.29, 0.717) is 18.9 Å². The predicted octanol–water partition coefficient (Wildman–Crippen LogP) is 4.88. The van der Waals surface area contributed by atoms with Crippen LogP contribution >= 0.6 is 0 Å². The quantitative estimate of drug-likeness (QED) is 0.644. The topological polar surface area (TPSA) is 55.8 Å². The van der Waals surface area contributed by atoms with Gasteiger partial charge in [-0.05, 0) is 57.1 Å². The Bertz CT molecular complexity index is 565. The second-order valence-corrected chi connectivity index (χ2v) is 6.71. The summed E-state index contributed by atoms with van der Waals surface area (Å²) in [5.74, 6) is -1.10. The van der Waals surface area contributed by atoms with E-state index in [1.807, 2.05) is 0 Å². The molecular formula is C20H29FO4. The highest BCUT2D eigenvalue weighted by Crippen LogP contribution is 2.31. The maximum absolute atomic E-state index is 14.0. The molecule has 1 N–H and O–H groups in total. The summed E-state index contributed by atoms with van der Waals surface area (Å²) in [7, 11) is 0. The van der Waals surface area contributed by atoms with Crippen molar-refractivity contribution in [1.82, 2.24) is 0 Å². The number of Topliss-reactive ketones (excluding diaryl/α,β-unsaturated/α-hetero) is 1. The second kappa shape index (κ2) is 9.76. The Kier molecular flexibility index (Phi) is 7.69. The lowest BCUT2D eigenvalue weighted by molar-refractivity contribution is -0.0226. The SMILES string of the molecule is CCCC1CCC(CCCC(=O)c2ccc(OCC)c(F)c2O)OC1. The third-order valence-corrected chi connectivity index (χ3v) is 4.77. The number of benzene rings is 1. The van der Waals surface area contributed by atoms with Crippen LogP contribution < -0.4 is 4.74 Å². The number of ketones is 1. The highest BCUT2D eigenvalue weighted by Gasteiger charge is 2.22. The van der Waals surface area contributed by atoms with Gasteiger partial charge in [0, 0.05) is 13.0 Å². The molecule has 2 atom stereocenters. The van der Waals surface area contributed by atoms with Crippen molar-refractivity contribution < 1.29 is 23.8 Å². The fraction of sp³-hybridized carbons (Fsp3) is 0.650. The third kappa shape index (κ3) is 5.43. The molecule has 1 heterocycles. The molecule has 140 valence electrons. The van der Waals surface area contributed by atoms with Gasteiger partial charge in [0.15, 0.2) is 17.3 Å². The van der Waals surface area contributed by atoms with Crippen molar-refractivity contribution in [2.24, 2.45) is 5.92 Å². The molecule has 1 aliphatic heterocycles. The molecule has 0 saturated carbocycles. The summed E-state index contributed by atoms with van der Waals surface area (Å²) in [5.41, 5.74) is 0.0218. The molecule has 0 radical (unpaired) electrons. The average molecular weight is 352 g/mol. The van der Waals surface area contributed by atoms with Crippen molar-refractivity contribution in [2.45, 2.75) is 64.9 Å². The predicted molar refractivity (Wildman–Crippen MR) is 94.8 cm³/mol. The number of rotatable bonds is 9. The molecule has 4 nitrogen and oxygen atoms in total. The summed E-state index contributed by atoms with van der Waals surface area (Å²) in [6.07, 6.45) is 6.63. The standard InChI is InChI=1S/C20H29FO4/c1-3-6-14-9-10-15(25-13-14)7-5-8-17(22)16-11-12-18(24-4-2)19(21)20(16)23/h11-12,14-15,23H,3-10,13H2,1-2H3. The first-order chi connectivity index (χ1) is 12.1. The Labute approximate surface area is 149 Å². The zero-order valence-corrected chi connectivity index (χ0v) is 15.2. The van der Waals surface area contributed by atoms with Crippen LogP contribution in [0, 0.1) is 11.7 Å². The van der Waals surface area contributed by atoms with Gasteiger partial charge in [-0.15, -0.1) is 0 Å². The number of hydrogen-bond donors (Lipinski definition) is 1. The number of phenols is 1. The van der Waals surface area contributed by atoms with Crippen LogP contribution in [0.4, 0.5) is 4.39 Å². The van der Waals surface area contributed by atoms with Gasteiger partial charge < -0.3 is 14.6 Å². The minimum Gasteiger partial charge on any atom is -0.504 e. The van der Waals surface area contributed by atoms with Gasteiger partial charge in [-0.1, -0.05) is 13.3 Å². The summed E-state index contributed by atoms with van der Waals surface area (Å²) in [6.45, 7) is 5.03. The first kappa shape index (κ1) is 19.7. The lowest BCUT2D eigenvalue weighted by atomic mass is 9.92. The Balaban J connectivity index is 1.80. The summed E-state index contributed by atoms with van der Waals surface area (Å²) in [6, 6.07) is 2.82. The minimum absolute atomic E-state index is 0.0218. The zero-order chi connectivity index (χ0) is 18.2. The van der Waals surface area contributed by atoms with E-state index in [9.17, 15) is 14.3 Å². The molecule has 1 saturated heterocycles. The third-order valence-electron chi connectivity index (χ3n) is 4.77. The highest BCUT2D eigenvalue weighted by atomic mass is 19.1. The Morgan fingerprint density at radius 2 is 2.12 bits per heavy atom. The Morgan fingerprint density at radius 1 is 1.32 bits per heavy atom. The molecule has 1 aliphatic rings. The van der Waals surface area contributed by atoms with Crippen molar-refractivity contribution in [1.29, 1.82) is 0 Å². The number of phenolic OH excluding ortho intramolecular Hbond substituents is 1. The van der Waals surface area contributed by atoms with E-state index in [1.165, 1.54) is 31.4 Å². The molecule has 0 amide bonds. The maximum atomic E-state index is 14.0. The number of halogens is 1. The highest BCUT2D eigenvalue weighted by molar-refractivity contribution is 5.98. The van der Waals surface area contributed by atoms with Crippen molar-refractivity contribution in [2.75, 3.05) is 13.2 Å². The number of carbonyl (C=O) groups excluding carboxylic acids is 1. The van der Waals surface area contributed by atoms with E-state index in [0.717, 1.165) is 19.4 Å². The maximum Gasteiger partial charge on any atom is 0.207 e. The fourth-order valence-electron chi connectivity index (χ4n) is 3.39. The Morgan fingerprint density at radius 3 is 2.76 bits per heavy atom. The Hall–Kier alpha value is -1.62. The molecule has 0 aromatic heterocycles. The van der Waals surface area contributed by atoms with E-state index in [1.54, 1.807) is 6.92 Å². The van der Waals surface area contributed by atoms with E-state index in [4.69, 9.17) is 9.47 Å². The molecule has 0 aliphatic carbocycles. The molecule has 1 aromatic rings. The normalized spacial score (nSPS) is 20.4. The summed E-state index contributed by atoms with van der Waals surface area (Å²) >= 11 is 0. The number of carbonyl (C=O) groups is 1. The van der Waals surface area contributed by atoms with E-state index < -0.39 is 11.6 Å². The van der Waals surface area contributed by atoms with Gasteiger partial charge in [-0.2, -0.15) is 4.39 Å². The molecule has 0 spiro atoms. The van der Waals surface area contributed by atoms with E-state index >= 15 is 0 Å². The number of aromatic hydroxyl groups is 1. The first-order valence-corrected chi connectivity index (χ1v) is 9.35. The zero-order valence-electron chi connectivity index (χ0n) is 15.2. The van der Waals surface area contributed by atoms with Gasteiger partial charge in [0.05, 0.1) is 18.3 Å². The van der Waals surface area contributed by atoms with Gasteiger partial charge in [0.25, 0.3) is 0 Å². The van der Waals surface area contributed by atoms with Crippen LogP contribution in [0.2, 0.25) is 0 Å². The molecule has 2 rings (SSSR count). The molecule has 0 bridgehead atoms. The number of hydrogen-bond acceptors (Lipinski definition) is 4. The van der Waals surface area contributed by atoms with Crippen LogP contribution in [0.3, 0.4) is 0 Å². The largest absolute Gasteiger partial charge is 0.504 e. The van der Waals surface area contributed by atoms with Crippen molar-refractivity contribution in [3.63, 3.8) is 0 Å². The van der Waals surface area contributed by atoms with E-state index in [2.05, 4.69) is 6.92 Å². The van der Waals surface area contributed by atoms with Crippen LogP contribution in [-0.2, 0) is 4.74 Å². The van der Waals surface area contributed by atoms with Crippen LogP contribution in [0.25, 0.3) is 0 Å². The first-order valence-electron chi connectivity index (χ1n) is 9.35. The molecule has 2 unspecified atom stereocenters. The minimum atomic E-state index is -0.870. The lowest BCUT2D eigenvalue weighted by Gasteiger charge is -2.28. The van der Waals surface area contributed by atoms with Crippen LogP contribution in [0.15, 0.2) is 12.1 Å². The lowest BCUT2D eigenvalue weighted by Crippen LogP contribution is -2.25. The summed E-state index contributed by atoms with van der Waals surface area (Å²) in [5, 5.41) is 9.90. The monoisotopic (exact) mass is 352 g/mol. The molecule has 1 fully saturated rings. The van der Waals surface area contributed by atoms with Crippen LogP contribution in [0.1, 0.15) is 69.2 Å². The van der Waals surface area contributed by atoms with Crippen LogP contribution in [0.5, 0.6) is 11.5 Å². The molecular weight excluding hydrogens is 323 g/mol. The average Bonchev–Trinajstić information content (AvgIpc) is 2.61. The van der Waals surface area contributed by atoms with Crippen LogP contribution in [-0.4, -0.2) is 30.2 Å². The fourth-order valence-corrected chi connectivity index (χ4v) is 3.39. The van der Waals surface area contributed by atoms with Gasteiger partial charge in [-0.3, -0.25) is 4.79 Å². The van der Waals surface area contributed by atoms with Gasteiger partial charge in [-0.25, -0.2) is 0 Å². The van der Waals surface area contributed by atoms with Crippen molar-refractivity contribution in [3.8, 4) is 11.5 Å². The van der Waals surface area contributed by atoms with Gasteiger partial charge in [0.1, 0.15) is 0 Å². The number of ether oxygens (including phenoxy) is 2. The molecule has 25 heavy (non-hydrogen) atoms. The molecule has 1 aromatic carbocycles. The van der Waals surface area contributed by atoms with E-state index in [-0.39, 0.29) is 29.6 Å². The summed E-state index contributed by atoms with van der Waals surface area (Å²) < 4.78 is 24.9. The van der Waals surface area contributed by atoms with Gasteiger partial charge >= 0.3 is 0 Å². The smallest absolute Gasteiger partial charge is 0.207 e. The van der Waals surface area contributed by atoms with Crippen molar-refractivity contribution in [3.05, 3.63) is 23.5 Å². The molecule has 5 heteroatoms. The second-order valence-electron chi connectivity index (χ2n) is 6.71. The summed E-state index contributed by atoms with van der Waals surface area (Å²) in [4.78, 5) is 12.3. The van der Waals surface area contributed by atoms with Crippen molar-refractivity contribution >= 4 is 5.78 Å².